The van der Waals surface area contributed by atoms with E-state index in [1.54, 1.807) is 6.20 Å². The first-order valence-corrected chi connectivity index (χ1v) is 6.07. The Hall–Kier alpha value is -1.42. The lowest BCUT2D eigenvalue weighted by Gasteiger charge is -2.38. The summed E-state index contributed by atoms with van der Waals surface area (Å²) < 4.78 is 0. The number of pyridine rings is 1. The number of rotatable bonds is 2. The van der Waals surface area contributed by atoms with Crippen LogP contribution in [0.25, 0.3) is 0 Å². The molecule has 2 heterocycles. The van der Waals surface area contributed by atoms with Gasteiger partial charge in [0.25, 0.3) is 0 Å². The van der Waals surface area contributed by atoms with E-state index in [9.17, 15) is 0 Å². The summed E-state index contributed by atoms with van der Waals surface area (Å²) in [5.74, 6) is 0. The Labute approximate surface area is 108 Å². The average molecular weight is 247 g/mol. The van der Waals surface area contributed by atoms with Gasteiger partial charge in [0.2, 0.25) is 0 Å². The largest absolute Gasteiger partial charge is 0.354 e. The summed E-state index contributed by atoms with van der Waals surface area (Å²) in [5, 5.41) is 4.09. The van der Waals surface area contributed by atoms with Gasteiger partial charge in [0.1, 0.15) is 0 Å². The van der Waals surface area contributed by atoms with Crippen LogP contribution < -0.4 is 5.32 Å². The first-order chi connectivity index (χ1) is 7.98. The van der Waals surface area contributed by atoms with Crippen LogP contribution in [0.4, 0.5) is 0 Å². The van der Waals surface area contributed by atoms with Gasteiger partial charge in [0, 0.05) is 18.1 Å². The van der Waals surface area contributed by atoms with Crippen LogP contribution >= 0.6 is 12.2 Å². The maximum atomic E-state index is 5.41. The minimum Gasteiger partial charge on any atom is -0.354 e. The van der Waals surface area contributed by atoms with Gasteiger partial charge in [0.15, 0.2) is 5.11 Å². The summed E-state index contributed by atoms with van der Waals surface area (Å²) in [6, 6.07) is 4.00. The summed E-state index contributed by atoms with van der Waals surface area (Å²) in [5.41, 5.74) is 2.28. The summed E-state index contributed by atoms with van der Waals surface area (Å²) in [7, 11) is 0. The van der Waals surface area contributed by atoms with Crippen molar-refractivity contribution in [3.63, 3.8) is 0 Å². The Kier molecular flexibility index (Phi) is 3.15. The Bertz CT molecular complexity index is 451. The molecule has 17 heavy (non-hydrogen) atoms. The van der Waals surface area contributed by atoms with Crippen molar-refractivity contribution in [2.75, 3.05) is 0 Å². The Morgan fingerprint density at radius 1 is 1.47 bits per heavy atom. The fourth-order valence-corrected chi connectivity index (χ4v) is 2.48. The van der Waals surface area contributed by atoms with E-state index in [0.717, 1.165) is 17.2 Å². The van der Waals surface area contributed by atoms with Crippen LogP contribution in [-0.2, 0) is 6.54 Å². The molecular weight excluding hydrogens is 230 g/mol. The van der Waals surface area contributed by atoms with Gasteiger partial charge in [-0.25, -0.2) is 0 Å². The molecule has 0 unspecified atom stereocenters. The van der Waals surface area contributed by atoms with Gasteiger partial charge in [-0.1, -0.05) is 6.07 Å². The maximum Gasteiger partial charge on any atom is 0.174 e. The van der Waals surface area contributed by atoms with E-state index in [-0.39, 0.29) is 5.54 Å². The van der Waals surface area contributed by atoms with Crippen molar-refractivity contribution in [1.82, 2.24) is 15.2 Å². The average Bonchev–Trinajstić information content (AvgIpc) is 2.24. The number of allylic oxidation sites excluding steroid dienone is 1. The molecule has 0 amide bonds. The fraction of sp³-hybridized carbons (Fsp3) is 0.385. The van der Waals surface area contributed by atoms with Crippen LogP contribution in [0.1, 0.15) is 26.3 Å². The summed E-state index contributed by atoms with van der Waals surface area (Å²) in [4.78, 5) is 6.21. The van der Waals surface area contributed by atoms with Crippen molar-refractivity contribution in [3.05, 3.63) is 41.9 Å². The predicted molar refractivity (Wildman–Crippen MR) is 73.3 cm³/mol. The minimum absolute atomic E-state index is 0.0629. The first-order valence-electron chi connectivity index (χ1n) is 5.66. The zero-order valence-electron chi connectivity index (χ0n) is 10.4. The van der Waals surface area contributed by atoms with Crippen molar-refractivity contribution in [1.29, 1.82) is 0 Å². The fourth-order valence-electron chi connectivity index (χ4n) is 2.01. The zero-order valence-corrected chi connectivity index (χ0v) is 11.2. The zero-order chi connectivity index (χ0) is 12.5. The molecule has 3 nitrogen and oxygen atoms in total. The van der Waals surface area contributed by atoms with E-state index in [0.29, 0.717) is 0 Å². The van der Waals surface area contributed by atoms with Crippen molar-refractivity contribution < 1.29 is 0 Å². The molecule has 0 aliphatic carbocycles. The molecule has 0 fully saturated rings. The molecule has 1 aromatic rings. The van der Waals surface area contributed by atoms with Crippen molar-refractivity contribution in [3.8, 4) is 0 Å². The SMILES string of the molecule is CC1=CC(C)(C)NC(=S)N1Cc1cccnc1. The standard InChI is InChI=1S/C13H17N3S/c1-10-7-13(2,3)15-12(17)16(10)9-11-5-4-6-14-8-11/h4-8H,9H2,1-3H3,(H,15,17). The second kappa shape index (κ2) is 4.45. The van der Waals surface area contributed by atoms with Crippen LogP contribution in [0, 0.1) is 0 Å². The van der Waals surface area contributed by atoms with Crippen molar-refractivity contribution >= 4 is 17.3 Å². The Morgan fingerprint density at radius 3 is 2.82 bits per heavy atom. The molecule has 2 rings (SSSR count). The Morgan fingerprint density at radius 2 is 2.24 bits per heavy atom. The van der Waals surface area contributed by atoms with Gasteiger partial charge in [-0.3, -0.25) is 4.98 Å². The van der Waals surface area contributed by atoms with Gasteiger partial charge in [-0.2, -0.15) is 0 Å². The highest BCUT2D eigenvalue weighted by atomic mass is 32.1. The van der Waals surface area contributed by atoms with E-state index in [1.807, 2.05) is 12.3 Å². The third-order valence-corrected chi connectivity index (χ3v) is 3.06. The number of hydrogen-bond donors (Lipinski definition) is 1. The molecule has 0 radical (unpaired) electrons. The summed E-state index contributed by atoms with van der Waals surface area (Å²) in [6.45, 7) is 7.08. The van der Waals surface area contributed by atoms with Gasteiger partial charge in [0.05, 0.1) is 12.1 Å². The van der Waals surface area contributed by atoms with E-state index < -0.39 is 0 Å². The molecule has 0 spiro atoms. The molecule has 4 heteroatoms. The van der Waals surface area contributed by atoms with Gasteiger partial charge < -0.3 is 10.2 Å². The van der Waals surface area contributed by atoms with E-state index in [1.165, 1.54) is 5.70 Å². The van der Waals surface area contributed by atoms with Crippen LogP contribution in [0.2, 0.25) is 0 Å². The molecule has 90 valence electrons. The van der Waals surface area contributed by atoms with Crippen LogP contribution in [-0.4, -0.2) is 20.5 Å². The molecule has 1 aliphatic heterocycles. The maximum absolute atomic E-state index is 5.41. The summed E-state index contributed by atoms with van der Waals surface area (Å²) in [6.07, 6.45) is 5.84. The molecule has 0 saturated heterocycles. The Balaban J connectivity index is 2.20. The third kappa shape index (κ3) is 2.82. The molecule has 1 N–H and O–H groups in total. The third-order valence-electron chi connectivity index (χ3n) is 2.73. The molecule has 0 aromatic carbocycles. The number of hydrogen-bond acceptors (Lipinski definition) is 2. The van der Waals surface area contributed by atoms with Gasteiger partial charge in [-0.15, -0.1) is 0 Å². The molecule has 0 saturated carbocycles. The second-order valence-corrected chi connectivity index (χ2v) is 5.27. The second-order valence-electron chi connectivity index (χ2n) is 4.88. The first kappa shape index (κ1) is 12.0. The van der Waals surface area contributed by atoms with Gasteiger partial charge >= 0.3 is 0 Å². The highest BCUT2D eigenvalue weighted by Crippen LogP contribution is 2.20. The molecular formula is C13H17N3S. The molecule has 1 aromatic heterocycles. The quantitative estimate of drug-likeness (QED) is 0.813. The highest BCUT2D eigenvalue weighted by molar-refractivity contribution is 7.80. The van der Waals surface area contributed by atoms with E-state index in [4.69, 9.17) is 12.2 Å². The van der Waals surface area contributed by atoms with Crippen LogP contribution in [0.3, 0.4) is 0 Å². The molecule has 0 bridgehead atoms. The summed E-state index contributed by atoms with van der Waals surface area (Å²) >= 11 is 5.41. The number of nitrogens with zero attached hydrogens (tertiary/aromatic N) is 2. The van der Waals surface area contributed by atoms with E-state index in [2.05, 4.69) is 48.1 Å². The predicted octanol–water partition coefficient (Wildman–Crippen LogP) is 2.45. The lowest BCUT2D eigenvalue weighted by atomic mass is 10.0. The van der Waals surface area contributed by atoms with Crippen molar-refractivity contribution in [2.24, 2.45) is 0 Å². The van der Waals surface area contributed by atoms with Crippen molar-refractivity contribution in [2.45, 2.75) is 32.9 Å². The topological polar surface area (TPSA) is 28.2 Å². The number of aromatic nitrogens is 1. The lowest BCUT2D eigenvalue weighted by Crippen LogP contribution is -2.52. The molecule has 0 atom stereocenters. The highest BCUT2D eigenvalue weighted by Gasteiger charge is 2.26. The van der Waals surface area contributed by atoms with Crippen LogP contribution in [0.5, 0.6) is 0 Å². The lowest BCUT2D eigenvalue weighted by molar-refractivity contribution is 0.422. The number of thiocarbonyl (C=S) groups is 1. The van der Waals surface area contributed by atoms with Crippen LogP contribution in [0.15, 0.2) is 36.3 Å². The monoisotopic (exact) mass is 247 g/mol. The van der Waals surface area contributed by atoms with E-state index >= 15 is 0 Å². The molecule has 1 aliphatic rings. The van der Waals surface area contributed by atoms with Gasteiger partial charge in [-0.05, 0) is 50.7 Å². The normalized spacial score (nSPS) is 18.6. The minimum atomic E-state index is -0.0629. The number of nitrogens with one attached hydrogen (secondary N) is 1. The smallest absolute Gasteiger partial charge is 0.174 e.